The quantitative estimate of drug-likeness (QED) is 0.754. The lowest BCUT2D eigenvalue weighted by Crippen LogP contribution is -2.46. The van der Waals surface area contributed by atoms with Crippen molar-refractivity contribution >= 4 is 12.0 Å². The standard InChI is InChI=1S/C19H29N2/c1-14(2)17-8-5-9-18(15(3)4)19(17)21-12-16-7-6-10-20(11-16)13-21/h5,8-9,13-16H,6-7,10-12H2,1-4H3/q+1. The fraction of sp³-hybridized carbons (Fsp3) is 0.632. The van der Waals surface area contributed by atoms with Crippen molar-refractivity contribution < 1.29 is 4.58 Å². The molecule has 2 aliphatic heterocycles. The Morgan fingerprint density at radius 1 is 1.10 bits per heavy atom. The number of fused-ring (bicyclic) bond motifs is 2. The second-order valence-corrected chi connectivity index (χ2v) is 7.37. The molecule has 0 spiro atoms. The molecule has 2 bridgehead atoms. The molecule has 2 aliphatic rings. The third-order valence-corrected chi connectivity index (χ3v) is 4.94. The predicted octanol–water partition coefficient (Wildman–Crippen LogP) is 4.20. The van der Waals surface area contributed by atoms with E-state index >= 15 is 0 Å². The van der Waals surface area contributed by atoms with E-state index in [9.17, 15) is 0 Å². The predicted molar refractivity (Wildman–Crippen MR) is 90.7 cm³/mol. The van der Waals surface area contributed by atoms with Crippen molar-refractivity contribution in [2.45, 2.75) is 52.4 Å². The van der Waals surface area contributed by atoms with E-state index in [1.165, 1.54) is 49.3 Å². The van der Waals surface area contributed by atoms with Gasteiger partial charge in [-0.1, -0.05) is 45.9 Å². The SMILES string of the molecule is CC(C)c1cccc(C(C)C)c1N1C=[N+]2CCCC(C1)C2. The maximum atomic E-state index is 2.55. The molecule has 0 saturated carbocycles. The van der Waals surface area contributed by atoms with Crippen LogP contribution in [-0.4, -0.2) is 30.5 Å². The lowest BCUT2D eigenvalue weighted by molar-refractivity contribution is -0.545. The Hall–Kier alpha value is -1.31. The molecule has 2 heteroatoms. The van der Waals surface area contributed by atoms with Crippen molar-refractivity contribution in [3.63, 3.8) is 0 Å². The summed E-state index contributed by atoms with van der Waals surface area (Å²) in [5.41, 5.74) is 4.48. The highest BCUT2D eigenvalue weighted by Gasteiger charge is 2.33. The first kappa shape index (κ1) is 14.6. The van der Waals surface area contributed by atoms with Gasteiger partial charge in [-0.15, -0.1) is 0 Å². The number of nitrogens with zero attached hydrogens (tertiary/aromatic N) is 2. The van der Waals surface area contributed by atoms with E-state index < -0.39 is 0 Å². The summed E-state index contributed by atoms with van der Waals surface area (Å²) in [5, 5.41) is 0. The van der Waals surface area contributed by atoms with Crippen LogP contribution in [0.2, 0.25) is 0 Å². The summed E-state index contributed by atoms with van der Waals surface area (Å²) in [7, 11) is 0. The molecule has 1 unspecified atom stereocenters. The van der Waals surface area contributed by atoms with Gasteiger partial charge in [-0.2, -0.15) is 0 Å². The molecule has 1 atom stereocenters. The van der Waals surface area contributed by atoms with E-state index in [0.717, 1.165) is 5.92 Å². The summed E-state index contributed by atoms with van der Waals surface area (Å²) in [4.78, 5) is 2.55. The molecule has 21 heavy (non-hydrogen) atoms. The molecular weight excluding hydrogens is 256 g/mol. The summed E-state index contributed by atoms with van der Waals surface area (Å²) < 4.78 is 2.53. The van der Waals surface area contributed by atoms with Gasteiger partial charge in [-0.05, 0) is 24.7 Å². The molecule has 0 N–H and O–H groups in total. The third kappa shape index (κ3) is 2.86. The van der Waals surface area contributed by atoms with Gasteiger partial charge < -0.3 is 0 Å². The molecule has 0 aliphatic carbocycles. The zero-order valence-corrected chi connectivity index (χ0v) is 14.0. The molecule has 1 saturated heterocycles. The van der Waals surface area contributed by atoms with Crippen LogP contribution in [0.4, 0.5) is 5.69 Å². The number of benzene rings is 1. The van der Waals surface area contributed by atoms with Gasteiger partial charge in [0.05, 0.1) is 19.6 Å². The van der Waals surface area contributed by atoms with E-state index in [0.29, 0.717) is 11.8 Å². The minimum absolute atomic E-state index is 0.573. The van der Waals surface area contributed by atoms with E-state index in [2.05, 4.69) is 61.7 Å². The lowest BCUT2D eigenvalue weighted by Gasteiger charge is -2.33. The molecule has 1 aromatic rings. The second kappa shape index (κ2) is 5.82. The van der Waals surface area contributed by atoms with Crippen LogP contribution in [0, 0.1) is 5.92 Å². The van der Waals surface area contributed by atoms with Gasteiger partial charge in [-0.3, -0.25) is 4.58 Å². The number of piperidine rings is 1. The maximum Gasteiger partial charge on any atom is 0.239 e. The van der Waals surface area contributed by atoms with Gasteiger partial charge >= 0.3 is 0 Å². The first-order chi connectivity index (χ1) is 10.1. The van der Waals surface area contributed by atoms with Crippen molar-refractivity contribution in [1.82, 2.24) is 0 Å². The molecule has 3 rings (SSSR count). The Labute approximate surface area is 129 Å². The summed E-state index contributed by atoms with van der Waals surface area (Å²) in [6.45, 7) is 12.9. The lowest BCUT2D eigenvalue weighted by atomic mass is 9.90. The van der Waals surface area contributed by atoms with Crippen LogP contribution in [0.5, 0.6) is 0 Å². The summed E-state index contributed by atoms with van der Waals surface area (Å²) in [6.07, 6.45) is 5.14. The Morgan fingerprint density at radius 2 is 1.76 bits per heavy atom. The minimum atomic E-state index is 0.573. The molecule has 1 aromatic carbocycles. The molecule has 2 heterocycles. The number of para-hydroxylation sites is 1. The van der Waals surface area contributed by atoms with E-state index in [1.54, 1.807) is 0 Å². The molecule has 0 aromatic heterocycles. The minimum Gasteiger partial charge on any atom is -0.268 e. The van der Waals surface area contributed by atoms with E-state index in [4.69, 9.17) is 0 Å². The zero-order chi connectivity index (χ0) is 15.0. The average molecular weight is 285 g/mol. The van der Waals surface area contributed by atoms with Crippen molar-refractivity contribution in [2.24, 2.45) is 5.92 Å². The monoisotopic (exact) mass is 285 g/mol. The highest BCUT2D eigenvalue weighted by atomic mass is 15.2. The van der Waals surface area contributed by atoms with Crippen LogP contribution < -0.4 is 4.90 Å². The summed E-state index contributed by atoms with van der Waals surface area (Å²) in [6, 6.07) is 6.87. The zero-order valence-electron chi connectivity index (χ0n) is 14.0. The Morgan fingerprint density at radius 3 is 2.33 bits per heavy atom. The van der Waals surface area contributed by atoms with Crippen molar-refractivity contribution in [3.8, 4) is 0 Å². The number of hydrogen-bond acceptors (Lipinski definition) is 1. The van der Waals surface area contributed by atoms with Crippen LogP contribution in [0.1, 0.15) is 63.5 Å². The third-order valence-electron chi connectivity index (χ3n) is 4.94. The fourth-order valence-electron chi connectivity index (χ4n) is 3.87. The Balaban J connectivity index is 2.08. The second-order valence-electron chi connectivity index (χ2n) is 7.37. The largest absolute Gasteiger partial charge is 0.268 e. The average Bonchev–Trinajstić information content (AvgIpc) is 2.45. The maximum absolute atomic E-state index is 2.55. The van der Waals surface area contributed by atoms with Crippen LogP contribution in [0.15, 0.2) is 18.2 Å². The Bertz CT molecular complexity index is 516. The highest BCUT2D eigenvalue weighted by molar-refractivity contribution is 5.81. The fourth-order valence-corrected chi connectivity index (χ4v) is 3.87. The van der Waals surface area contributed by atoms with Crippen molar-refractivity contribution in [3.05, 3.63) is 29.3 Å². The summed E-state index contributed by atoms with van der Waals surface area (Å²) in [5.74, 6) is 1.98. The highest BCUT2D eigenvalue weighted by Crippen LogP contribution is 2.36. The van der Waals surface area contributed by atoms with Crippen LogP contribution in [-0.2, 0) is 0 Å². The van der Waals surface area contributed by atoms with Crippen molar-refractivity contribution in [1.29, 1.82) is 0 Å². The van der Waals surface area contributed by atoms with Gasteiger partial charge in [0, 0.05) is 17.0 Å². The van der Waals surface area contributed by atoms with Crippen LogP contribution >= 0.6 is 0 Å². The topological polar surface area (TPSA) is 6.25 Å². The number of rotatable bonds is 3. The smallest absolute Gasteiger partial charge is 0.239 e. The van der Waals surface area contributed by atoms with E-state index in [1.807, 2.05) is 0 Å². The first-order valence-electron chi connectivity index (χ1n) is 8.54. The number of anilines is 1. The van der Waals surface area contributed by atoms with Crippen LogP contribution in [0.25, 0.3) is 0 Å². The van der Waals surface area contributed by atoms with Gasteiger partial charge in [-0.25, -0.2) is 4.90 Å². The first-order valence-corrected chi connectivity index (χ1v) is 8.54. The van der Waals surface area contributed by atoms with Gasteiger partial charge in [0.25, 0.3) is 0 Å². The number of hydrogen-bond donors (Lipinski definition) is 0. The van der Waals surface area contributed by atoms with Gasteiger partial charge in [0.15, 0.2) is 0 Å². The summed E-state index contributed by atoms with van der Waals surface area (Å²) >= 11 is 0. The van der Waals surface area contributed by atoms with Gasteiger partial charge in [0.2, 0.25) is 6.34 Å². The molecule has 114 valence electrons. The van der Waals surface area contributed by atoms with Gasteiger partial charge in [0.1, 0.15) is 5.69 Å². The molecular formula is C19H29N2+. The molecule has 0 amide bonds. The normalized spacial score (nSPS) is 21.9. The molecule has 2 nitrogen and oxygen atoms in total. The Kier molecular flexibility index (Phi) is 4.05. The molecule has 0 radical (unpaired) electrons. The van der Waals surface area contributed by atoms with Crippen molar-refractivity contribution in [2.75, 3.05) is 24.5 Å². The van der Waals surface area contributed by atoms with Crippen LogP contribution in [0.3, 0.4) is 0 Å². The molecule has 1 fully saturated rings. The van der Waals surface area contributed by atoms with E-state index in [-0.39, 0.29) is 0 Å².